The smallest absolute Gasteiger partial charge is 0.263 e. The summed E-state index contributed by atoms with van der Waals surface area (Å²) in [5.41, 5.74) is 8.61. The molecule has 2 atom stereocenters. The van der Waals surface area contributed by atoms with Gasteiger partial charge in [-0.05, 0) is 30.4 Å². The van der Waals surface area contributed by atoms with Gasteiger partial charge in [-0.1, -0.05) is 31.2 Å². The summed E-state index contributed by atoms with van der Waals surface area (Å²) in [6, 6.07) is 7.95. The summed E-state index contributed by atoms with van der Waals surface area (Å²) >= 11 is 1.47. The predicted molar refractivity (Wildman–Crippen MR) is 106 cm³/mol. The predicted octanol–water partition coefficient (Wildman–Crippen LogP) is 3.72. The highest BCUT2D eigenvalue weighted by Crippen LogP contribution is 2.29. The number of aryl methyl sites for hydroxylation is 1. The van der Waals surface area contributed by atoms with E-state index >= 15 is 0 Å². The fourth-order valence-electron chi connectivity index (χ4n) is 2.75. The summed E-state index contributed by atoms with van der Waals surface area (Å²) in [4.78, 5) is 17.3. The summed E-state index contributed by atoms with van der Waals surface area (Å²) in [5, 5.41) is 4.07. The Bertz CT molecular complexity index is 666. The largest absolute Gasteiger partial charge is 0.346 e. The van der Waals surface area contributed by atoms with Crippen LogP contribution in [0.1, 0.15) is 45.2 Å². The molecular formula is C16H22Cl3N3OS. The van der Waals surface area contributed by atoms with E-state index in [0.717, 1.165) is 29.8 Å². The molecule has 2 aromatic rings. The molecular weight excluding hydrogens is 389 g/mol. The zero-order chi connectivity index (χ0) is 14.8. The zero-order valence-corrected chi connectivity index (χ0v) is 16.5. The quantitative estimate of drug-likeness (QED) is 0.807. The molecule has 0 saturated heterocycles. The second-order valence-corrected chi connectivity index (χ2v) is 6.49. The molecule has 8 heteroatoms. The highest BCUT2D eigenvalue weighted by molar-refractivity contribution is 7.13. The van der Waals surface area contributed by atoms with E-state index in [0.29, 0.717) is 4.88 Å². The lowest BCUT2D eigenvalue weighted by molar-refractivity contribution is 0.0937. The van der Waals surface area contributed by atoms with Crippen LogP contribution < -0.4 is 11.1 Å². The summed E-state index contributed by atoms with van der Waals surface area (Å²) < 4.78 is 0. The first-order valence-corrected chi connectivity index (χ1v) is 8.09. The van der Waals surface area contributed by atoms with Crippen LogP contribution in [0.4, 0.5) is 0 Å². The zero-order valence-electron chi connectivity index (χ0n) is 13.2. The Morgan fingerprint density at radius 1 is 1.33 bits per heavy atom. The van der Waals surface area contributed by atoms with E-state index in [-0.39, 0.29) is 55.2 Å². The second kappa shape index (κ2) is 10.2. The molecule has 0 unspecified atom stereocenters. The van der Waals surface area contributed by atoms with Gasteiger partial charge in [-0.15, -0.1) is 48.6 Å². The number of hydrogen-bond acceptors (Lipinski definition) is 4. The molecule has 0 bridgehead atoms. The maximum Gasteiger partial charge on any atom is 0.263 e. The Balaban J connectivity index is 0.00000176. The fraction of sp³-hybridized carbons (Fsp3) is 0.375. The molecule has 4 nitrogen and oxygen atoms in total. The van der Waals surface area contributed by atoms with Gasteiger partial charge in [-0.25, -0.2) is 4.98 Å². The number of fused-ring (bicyclic) bond motifs is 1. The number of rotatable bonds is 4. The van der Waals surface area contributed by atoms with Crippen LogP contribution in [0.25, 0.3) is 0 Å². The summed E-state index contributed by atoms with van der Waals surface area (Å²) in [6.07, 6.45) is 4.42. The Morgan fingerprint density at radius 2 is 2.04 bits per heavy atom. The first-order valence-electron chi connectivity index (χ1n) is 7.28. The van der Waals surface area contributed by atoms with Gasteiger partial charge in [0.25, 0.3) is 5.91 Å². The van der Waals surface area contributed by atoms with Gasteiger partial charge in [0.1, 0.15) is 4.88 Å². The van der Waals surface area contributed by atoms with Crippen LogP contribution in [-0.2, 0) is 12.8 Å². The third-order valence-corrected chi connectivity index (χ3v) is 4.90. The number of aromatic nitrogens is 1. The summed E-state index contributed by atoms with van der Waals surface area (Å²) in [7, 11) is 0. The summed E-state index contributed by atoms with van der Waals surface area (Å²) in [6.45, 7) is 2.11. The van der Waals surface area contributed by atoms with Crippen LogP contribution in [0.3, 0.4) is 0 Å². The third kappa shape index (κ3) is 4.83. The lowest BCUT2D eigenvalue weighted by atomic mass is 10.1. The average Bonchev–Trinajstić information content (AvgIpc) is 3.06. The Morgan fingerprint density at radius 3 is 2.71 bits per heavy atom. The number of nitrogens with two attached hydrogens (primary N) is 1. The summed E-state index contributed by atoms with van der Waals surface area (Å²) in [5.74, 6) is -0.0666. The van der Waals surface area contributed by atoms with Crippen LogP contribution in [-0.4, -0.2) is 16.9 Å². The number of carbonyl (C=O) groups is 1. The van der Waals surface area contributed by atoms with Crippen molar-refractivity contribution in [1.82, 2.24) is 10.3 Å². The number of carbonyl (C=O) groups excluding carboxylic acids is 1. The van der Waals surface area contributed by atoms with Crippen molar-refractivity contribution in [3.05, 3.63) is 51.5 Å². The molecule has 24 heavy (non-hydrogen) atoms. The number of benzene rings is 1. The van der Waals surface area contributed by atoms with Crippen LogP contribution in [0, 0.1) is 0 Å². The molecule has 0 fully saturated rings. The van der Waals surface area contributed by atoms with Crippen molar-refractivity contribution in [3.8, 4) is 0 Å². The lowest BCUT2D eigenvalue weighted by Crippen LogP contribution is -2.40. The monoisotopic (exact) mass is 409 g/mol. The van der Waals surface area contributed by atoms with Gasteiger partial charge in [0.2, 0.25) is 0 Å². The minimum Gasteiger partial charge on any atom is -0.346 e. The van der Waals surface area contributed by atoms with E-state index in [2.05, 4.69) is 23.3 Å². The van der Waals surface area contributed by atoms with E-state index in [1.165, 1.54) is 16.9 Å². The van der Waals surface area contributed by atoms with Crippen molar-refractivity contribution in [3.63, 3.8) is 0 Å². The molecule has 0 radical (unpaired) electrons. The van der Waals surface area contributed by atoms with Gasteiger partial charge in [-0.3, -0.25) is 4.79 Å². The first-order chi connectivity index (χ1) is 10.2. The number of nitrogens with one attached hydrogen (secondary N) is 1. The molecule has 134 valence electrons. The van der Waals surface area contributed by atoms with Gasteiger partial charge in [0.15, 0.2) is 0 Å². The second-order valence-electron chi connectivity index (χ2n) is 5.38. The average molecular weight is 411 g/mol. The standard InChI is InChI=1S/C16H19N3OS.3ClH/c1-2-5-14-18-9-13(21-14)16(20)19-12-8-10-6-3-4-7-11(10)15(12)17;;;/h3-4,6-7,9,12,15H,2,5,8,17H2,1H3,(H,19,20);3*1H/t12-,15-;;;/m1.../s1. The minimum absolute atomic E-state index is 0. The molecule has 1 heterocycles. The Labute approximate surface area is 164 Å². The number of thiazole rings is 1. The van der Waals surface area contributed by atoms with Gasteiger partial charge in [0.05, 0.1) is 23.3 Å². The van der Waals surface area contributed by atoms with Crippen LogP contribution in [0.2, 0.25) is 0 Å². The Kier molecular flexibility index (Phi) is 9.85. The number of halogens is 3. The van der Waals surface area contributed by atoms with Crippen molar-refractivity contribution in [2.75, 3.05) is 0 Å². The molecule has 1 aliphatic rings. The molecule has 3 rings (SSSR count). The minimum atomic E-state index is -0.131. The number of amides is 1. The number of nitrogens with zero attached hydrogens (tertiary/aromatic N) is 1. The Hall–Kier alpha value is -0.850. The third-order valence-electron chi connectivity index (χ3n) is 3.85. The van der Waals surface area contributed by atoms with Crippen molar-refractivity contribution >= 4 is 54.5 Å². The SMILES string of the molecule is CCCc1ncc(C(=O)N[C@@H]2Cc3ccccc3[C@H]2N)s1.Cl.Cl.Cl. The van der Waals surface area contributed by atoms with Crippen LogP contribution >= 0.6 is 48.6 Å². The normalized spacial score (nSPS) is 17.8. The van der Waals surface area contributed by atoms with Gasteiger partial charge in [-0.2, -0.15) is 0 Å². The molecule has 3 N–H and O–H groups in total. The van der Waals surface area contributed by atoms with Crippen LogP contribution in [0.15, 0.2) is 30.5 Å². The van der Waals surface area contributed by atoms with E-state index in [4.69, 9.17) is 5.73 Å². The fourth-order valence-corrected chi connectivity index (χ4v) is 3.67. The topological polar surface area (TPSA) is 68.0 Å². The van der Waals surface area contributed by atoms with E-state index < -0.39 is 0 Å². The van der Waals surface area contributed by atoms with E-state index in [9.17, 15) is 4.79 Å². The van der Waals surface area contributed by atoms with Crippen LogP contribution in [0.5, 0.6) is 0 Å². The van der Waals surface area contributed by atoms with Gasteiger partial charge >= 0.3 is 0 Å². The molecule has 1 amide bonds. The highest BCUT2D eigenvalue weighted by atomic mass is 35.5. The maximum absolute atomic E-state index is 12.3. The first kappa shape index (κ1) is 23.2. The van der Waals surface area contributed by atoms with Crippen molar-refractivity contribution < 1.29 is 4.79 Å². The molecule has 1 aromatic heterocycles. The molecule has 0 saturated carbocycles. The molecule has 0 spiro atoms. The van der Waals surface area contributed by atoms with Crippen molar-refractivity contribution in [1.29, 1.82) is 0 Å². The lowest BCUT2D eigenvalue weighted by Gasteiger charge is -2.17. The van der Waals surface area contributed by atoms with Gasteiger partial charge in [0, 0.05) is 0 Å². The van der Waals surface area contributed by atoms with E-state index in [1.807, 2.05) is 18.2 Å². The molecule has 1 aromatic carbocycles. The van der Waals surface area contributed by atoms with E-state index in [1.54, 1.807) is 6.20 Å². The number of hydrogen-bond donors (Lipinski definition) is 2. The molecule has 1 aliphatic carbocycles. The van der Waals surface area contributed by atoms with Gasteiger partial charge < -0.3 is 11.1 Å². The van der Waals surface area contributed by atoms with Crippen molar-refractivity contribution in [2.45, 2.75) is 38.3 Å². The maximum atomic E-state index is 12.3. The molecule has 0 aliphatic heterocycles. The van der Waals surface area contributed by atoms with Crippen molar-refractivity contribution in [2.24, 2.45) is 5.73 Å². The highest BCUT2D eigenvalue weighted by Gasteiger charge is 2.30.